The van der Waals surface area contributed by atoms with Crippen LogP contribution in [-0.2, 0) is 13.1 Å². The number of likely N-dealkylation sites (tertiary alicyclic amines) is 1. The Morgan fingerprint density at radius 2 is 2.46 bits per heavy atom. The van der Waals surface area contributed by atoms with Crippen molar-refractivity contribution in [3.05, 3.63) is 40.2 Å². The molecule has 2 amide bonds. The average molecular weight is 348 g/mol. The number of aromatic nitrogens is 1. The van der Waals surface area contributed by atoms with Gasteiger partial charge in [0.15, 0.2) is 0 Å². The summed E-state index contributed by atoms with van der Waals surface area (Å²) in [6.45, 7) is 6.06. The molecule has 0 spiro atoms. The van der Waals surface area contributed by atoms with Gasteiger partial charge in [-0.15, -0.1) is 11.3 Å². The normalized spacial score (nSPS) is 17.6. The number of hydrogen-bond acceptors (Lipinski definition) is 5. The molecule has 1 atom stereocenters. The highest BCUT2D eigenvalue weighted by molar-refractivity contribution is 7.09. The molecule has 0 aromatic carbocycles. The van der Waals surface area contributed by atoms with Crippen molar-refractivity contribution in [3.63, 3.8) is 0 Å². The number of thiazole rings is 1. The fraction of sp³-hybridized carbons (Fsp3) is 0.529. The molecule has 2 aromatic rings. The van der Waals surface area contributed by atoms with Crippen LogP contribution in [0, 0.1) is 12.8 Å². The third kappa shape index (κ3) is 4.36. The first-order valence-corrected chi connectivity index (χ1v) is 9.12. The minimum absolute atomic E-state index is 0.00476. The monoisotopic (exact) mass is 348 g/mol. The number of nitrogens with zero attached hydrogens (tertiary/aromatic N) is 3. The van der Waals surface area contributed by atoms with Gasteiger partial charge in [0.2, 0.25) is 0 Å². The van der Waals surface area contributed by atoms with Gasteiger partial charge >= 0.3 is 6.03 Å². The Morgan fingerprint density at radius 3 is 3.17 bits per heavy atom. The molecule has 1 unspecified atom stereocenters. The van der Waals surface area contributed by atoms with E-state index in [2.05, 4.69) is 29.2 Å². The molecule has 24 heavy (non-hydrogen) atoms. The highest BCUT2D eigenvalue weighted by Gasteiger charge is 2.27. The van der Waals surface area contributed by atoms with Crippen LogP contribution in [0.5, 0.6) is 0 Å². The lowest BCUT2D eigenvalue weighted by molar-refractivity contribution is 0.202. The summed E-state index contributed by atoms with van der Waals surface area (Å²) in [7, 11) is 2.14. The van der Waals surface area contributed by atoms with Gasteiger partial charge in [-0.05, 0) is 38.4 Å². The fourth-order valence-corrected chi connectivity index (χ4v) is 3.94. The molecule has 6 nitrogen and oxygen atoms in total. The number of hydrogen-bond donors (Lipinski definition) is 1. The number of carbonyl (C=O) groups is 1. The Hall–Kier alpha value is -1.86. The Morgan fingerprint density at radius 1 is 1.58 bits per heavy atom. The van der Waals surface area contributed by atoms with Crippen LogP contribution >= 0.6 is 11.3 Å². The van der Waals surface area contributed by atoms with Gasteiger partial charge in [0.1, 0.15) is 5.76 Å². The zero-order valence-electron chi connectivity index (χ0n) is 14.2. The molecule has 1 aliphatic heterocycles. The predicted molar refractivity (Wildman–Crippen MR) is 93.8 cm³/mol. The van der Waals surface area contributed by atoms with Gasteiger partial charge in [-0.25, -0.2) is 9.78 Å². The number of aryl methyl sites for hydroxylation is 1. The Kier molecular flexibility index (Phi) is 5.52. The van der Waals surface area contributed by atoms with E-state index in [0.29, 0.717) is 12.5 Å². The molecule has 7 heteroatoms. The quantitative estimate of drug-likeness (QED) is 0.872. The van der Waals surface area contributed by atoms with E-state index in [4.69, 9.17) is 4.42 Å². The number of furan rings is 1. The third-order valence-corrected chi connectivity index (χ3v) is 5.32. The van der Waals surface area contributed by atoms with Crippen molar-refractivity contribution >= 4 is 17.4 Å². The zero-order valence-corrected chi connectivity index (χ0v) is 15.0. The Balaban J connectivity index is 1.41. The topological polar surface area (TPSA) is 61.6 Å². The zero-order chi connectivity index (χ0) is 16.9. The molecule has 1 N–H and O–H groups in total. The van der Waals surface area contributed by atoms with Gasteiger partial charge in [0.05, 0.1) is 24.0 Å². The first-order valence-electron chi connectivity index (χ1n) is 8.24. The molecule has 1 aliphatic rings. The van der Waals surface area contributed by atoms with E-state index in [-0.39, 0.29) is 6.03 Å². The molecule has 2 aromatic heterocycles. The van der Waals surface area contributed by atoms with Crippen molar-refractivity contribution in [3.8, 4) is 0 Å². The summed E-state index contributed by atoms with van der Waals surface area (Å²) < 4.78 is 5.24. The molecule has 0 aliphatic carbocycles. The summed E-state index contributed by atoms with van der Waals surface area (Å²) in [5, 5.41) is 2.92. The van der Waals surface area contributed by atoms with Crippen molar-refractivity contribution in [2.24, 2.45) is 5.92 Å². The second-order valence-electron chi connectivity index (χ2n) is 6.40. The molecule has 130 valence electrons. The van der Waals surface area contributed by atoms with Gasteiger partial charge in [-0.2, -0.15) is 0 Å². The van der Waals surface area contributed by atoms with Crippen LogP contribution in [0.25, 0.3) is 0 Å². The second-order valence-corrected chi connectivity index (χ2v) is 7.34. The first-order chi connectivity index (χ1) is 11.6. The lowest BCUT2D eigenvalue weighted by Crippen LogP contribution is -2.38. The summed E-state index contributed by atoms with van der Waals surface area (Å²) in [6, 6.07) is 3.69. The van der Waals surface area contributed by atoms with Crippen molar-refractivity contribution < 1.29 is 9.21 Å². The maximum Gasteiger partial charge on any atom is 0.317 e. The van der Waals surface area contributed by atoms with E-state index < -0.39 is 0 Å². The predicted octanol–water partition coefficient (Wildman–Crippen LogP) is 2.71. The number of urea groups is 1. The molecule has 1 fully saturated rings. The van der Waals surface area contributed by atoms with E-state index in [9.17, 15) is 4.79 Å². The first kappa shape index (κ1) is 17.0. The molecule has 0 radical (unpaired) electrons. The van der Waals surface area contributed by atoms with E-state index >= 15 is 0 Å². The van der Waals surface area contributed by atoms with Crippen molar-refractivity contribution in [1.82, 2.24) is 20.1 Å². The summed E-state index contributed by atoms with van der Waals surface area (Å²) in [6.07, 6.45) is 2.67. The van der Waals surface area contributed by atoms with Gasteiger partial charge in [-0.1, -0.05) is 0 Å². The highest BCUT2D eigenvalue weighted by Crippen LogP contribution is 2.20. The number of amides is 2. The Labute approximate surface area is 146 Å². The third-order valence-electron chi connectivity index (χ3n) is 4.40. The van der Waals surface area contributed by atoms with Crippen LogP contribution in [0.2, 0.25) is 0 Å². The number of carbonyl (C=O) groups excluding carboxylic acids is 1. The van der Waals surface area contributed by atoms with Gasteiger partial charge in [0.25, 0.3) is 0 Å². The Bertz CT molecular complexity index is 655. The SMILES string of the molecule is Cc1ncsc1CN(C)CC1CCN(C(=O)NCc2ccco2)C1. The van der Waals surface area contributed by atoms with Gasteiger partial charge in [-0.3, -0.25) is 0 Å². The number of rotatable bonds is 6. The maximum atomic E-state index is 12.2. The van der Waals surface area contributed by atoms with Crippen molar-refractivity contribution in [1.29, 1.82) is 0 Å². The van der Waals surface area contributed by atoms with Gasteiger partial charge < -0.3 is 19.5 Å². The largest absolute Gasteiger partial charge is 0.467 e. The van der Waals surface area contributed by atoms with Crippen LogP contribution in [0.3, 0.4) is 0 Å². The van der Waals surface area contributed by atoms with Crippen LogP contribution < -0.4 is 5.32 Å². The maximum absolute atomic E-state index is 12.2. The van der Waals surface area contributed by atoms with Gasteiger partial charge in [0, 0.05) is 31.1 Å². The molecule has 3 rings (SSSR count). The van der Waals surface area contributed by atoms with Crippen molar-refractivity contribution in [2.75, 3.05) is 26.7 Å². The van der Waals surface area contributed by atoms with Crippen molar-refractivity contribution in [2.45, 2.75) is 26.4 Å². The average Bonchev–Trinajstić information content (AvgIpc) is 3.28. The van der Waals surface area contributed by atoms with Crippen LogP contribution in [0.4, 0.5) is 4.79 Å². The summed E-state index contributed by atoms with van der Waals surface area (Å²) in [5.74, 6) is 1.30. The standard InChI is InChI=1S/C17H24N4O2S/c1-13-16(24-12-19-13)11-20(2)9-14-5-6-21(10-14)17(22)18-8-15-4-3-7-23-15/h3-4,7,12,14H,5-6,8-11H2,1-2H3,(H,18,22). The van der Waals surface area contributed by atoms with Crippen LogP contribution in [0.1, 0.15) is 22.8 Å². The summed E-state index contributed by atoms with van der Waals surface area (Å²) in [4.78, 5) is 22.1. The lowest BCUT2D eigenvalue weighted by Gasteiger charge is -2.21. The smallest absolute Gasteiger partial charge is 0.317 e. The minimum atomic E-state index is -0.00476. The second kappa shape index (κ2) is 7.81. The summed E-state index contributed by atoms with van der Waals surface area (Å²) in [5.41, 5.74) is 3.02. The lowest BCUT2D eigenvalue weighted by atomic mass is 10.1. The molecular weight excluding hydrogens is 324 g/mol. The van der Waals surface area contributed by atoms with Crippen LogP contribution in [-0.4, -0.2) is 47.5 Å². The van der Waals surface area contributed by atoms with E-state index in [0.717, 1.165) is 44.1 Å². The van der Waals surface area contributed by atoms with E-state index in [1.165, 1.54) is 4.88 Å². The van der Waals surface area contributed by atoms with E-state index in [1.54, 1.807) is 17.6 Å². The minimum Gasteiger partial charge on any atom is -0.467 e. The fourth-order valence-electron chi connectivity index (χ4n) is 3.08. The molecule has 3 heterocycles. The highest BCUT2D eigenvalue weighted by atomic mass is 32.1. The van der Waals surface area contributed by atoms with Crippen LogP contribution in [0.15, 0.2) is 28.3 Å². The summed E-state index contributed by atoms with van der Waals surface area (Å²) >= 11 is 1.71. The van der Waals surface area contributed by atoms with E-state index in [1.807, 2.05) is 22.5 Å². The molecule has 0 bridgehead atoms. The number of nitrogens with one attached hydrogen (secondary N) is 1. The molecular formula is C17H24N4O2S. The molecule has 1 saturated heterocycles. The molecule has 0 saturated carbocycles.